The van der Waals surface area contributed by atoms with Crippen molar-refractivity contribution >= 4 is 27.3 Å². The Bertz CT molecular complexity index is 1670. The molecule has 3 heterocycles. The Morgan fingerprint density at radius 2 is 1.62 bits per heavy atom. The fraction of sp³-hybridized carbons (Fsp3) is 0.344. The lowest BCUT2D eigenvalue weighted by Gasteiger charge is -2.27. The summed E-state index contributed by atoms with van der Waals surface area (Å²) in [4.78, 5) is 0. The first kappa shape index (κ1) is 20.3. The number of rotatable bonds is 3. The van der Waals surface area contributed by atoms with Gasteiger partial charge in [-0.05, 0) is 62.4 Å². The Morgan fingerprint density at radius 1 is 0.882 bits per heavy atom. The van der Waals surface area contributed by atoms with E-state index in [-0.39, 0.29) is 11.0 Å². The van der Waals surface area contributed by atoms with E-state index in [4.69, 9.17) is 0 Å². The van der Waals surface area contributed by atoms with Crippen molar-refractivity contribution in [3.63, 3.8) is 0 Å². The van der Waals surface area contributed by atoms with E-state index in [1.165, 1.54) is 61.7 Å². The highest BCUT2D eigenvalue weighted by atomic mass is 15.2. The third kappa shape index (κ3) is 1.96. The van der Waals surface area contributed by atoms with Crippen molar-refractivity contribution in [1.82, 2.24) is 4.40 Å². The fourth-order valence-electron chi connectivity index (χ4n) is 8.37. The Kier molecular flexibility index (Phi) is 3.75. The molecule has 2 nitrogen and oxygen atoms in total. The Morgan fingerprint density at radius 3 is 2.32 bits per heavy atom. The van der Waals surface area contributed by atoms with Crippen molar-refractivity contribution < 1.29 is 4.57 Å². The number of fused-ring (bicyclic) bond motifs is 6. The normalized spacial score (nSPS) is 24.9. The first-order valence-electron chi connectivity index (χ1n) is 12.9. The summed E-state index contributed by atoms with van der Waals surface area (Å²) >= 11 is 0. The molecule has 7 rings (SSSR count). The number of hydrogen-bond donors (Lipinski definition) is 0. The molecule has 1 aliphatic carbocycles. The van der Waals surface area contributed by atoms with Crippen molar-refractivity contribution in [2.24, 2.45) is 5.92 Å². The lowest BCUT2D eigenvalue weighted by Crippen LogP contribution is -2.52. The summed E-state index contributed by atoms with van der Waals surface area (Å²) in [6, 6.07) is 20.8. The molecule has 5 aromatic rings. The van der Waals surface area contributed by atoms with Gasteiger partial charge in [0.2, 0.25) is 0 Å². The smallest absolute Gasteiger partial charge is 0.222 e. The van der Waals surface area contributed by atoms with Crippen molar-refractivity contribution in [2.75, 3.05) is 0 Å². The van der Waals surface area contributed by atoms with E-state index in [1.807, 2.05) is 0 Å². The minimum absolute atomic E-state index is 0.140. The van der Waals surface area contributed by atoms with Crippen molar-refractivity contribution in [1.29, 1.82) is 0 Å². The third-order valence-corrected chi connectivity index (χ3v) is 9.79. The largest absolute Gasteiger partial charge is 0.296 e. The molecule has 1 saturated carbocycles. The highest BCUT2D eigenvalue weighted by Gasteiger charge is 2.79. The topological polar surface area (TPSA) is 8.29 Å². The van der Waals surface area contributed by atoms with Gasteiger partial charge in [0.25, 0.3) is 5.65 Å². The number of benzene rings is 3. The first-order valence-corrected chi connectivity index (χ1v) is 12.9. The van der Waals surface area contributed by atoms with Crippen LogP contribution < -0.4 is 4.57 Å². The number of pyridine rings is 1. The molecule has 0 radical (unpaired) electrons. The summed E-state index contributed by atoms with van der Waals surface area (Å²) < 4.78 is 5.31. The van der Waals surface area contributed by atoms with Crippen LogP contribution in [0.1, 0.15) is 55.9 Å². The maximum absolute atomic E-state index is 2.72. The van der Waals surface area contributed by atoms with E-state index in [0.717, 1.165) is 6.42 Å². The molecule has 3 aromatic carbocycles. The van der Waals surface area contributed by atoms with E-state index < -0.39 is 0 Å². The molecule has 0 saturated heterocycles. The number of imidazole rings is 1. The lowest BCUT2D eigenvalue weighted by atomic mass is 9.81. The summed E-state index contributed by atoms with van der Waals surface area (Å²) in [6.07, 6.45) is 4.84. The van der Waals surface area contributed by atoms with Crippen LogP contribution in [-0.4, -0.2) is 4.40 Å². The van der Waals surface area contributed by atoms with Crippen LogP contribution in [0, 0.1) is 26.7 Å². The molecule has 170 valence electrons. The molecular formula is C32H33N2+. The van der Waals surface area contributed by atoms with Crippen LogP contribution in [0.5, 0.6) is 0 Å². The SMILES string of the molecule is CCC12c3cccc4c5cc(C)ccc5n5c(-c6c(C)cccc6C)c[n+](c5c34)C1(CC)C2C. The number of nitrogens with zero attached hydrogens (tertiary/aromatic N) is 2. The van der Waals surface area contributed by atoms with Gasteiger partial charge in [-0.2, -0.15) is 4.40 Å². The average molecular weight is 446 g/mol. The molecule has 1 aliphatic heterocycles. The molecule has 0 bridgehead atoms. The quantitative estimate of drug-likeness (QED) is 0.200. The van der Waals surface area contributed by atoms with Crippen LogP contribution in [0.2, 0.25) is 0 Å². The lowest BCUT2D eigenvalue weighted by molar-refractivity contribution is -0.722. The Labute approximate surface area is 201 Å². The predicted octanol–water partition coefficient (Wildman–Crippen LogP) is 7.54. The maximum atomic E-state index is 2.72. The number of aryl methyl sites for hydroxylation is 3. The van der Waals surface area contributed by atoms with E-state index >= 15 is 0 Å². The molecule has 2 aromatic heterocycles. The van der Waals surface area contributed by atoms with E-state index in [9.17, 15) is 0 Å². The Balaban J connectivity index is 1.81. The van der Waals surface area contributed by atoms with Gasteiger partial charge in [-0.3, -0.25) is 0 Å². The van der Waals surface area contributed by atoms with Crippen molar-refractivity contribution in [3.8, 4) is 11.3 Å². The van der Waals surface area contributed by atoms with Gasteiger partial charge < -0.3 is 0 Å². The maximum Gasteiger partial charge on any atom is 0.296 e. The summed E-state index contributed by atoms with van der Waals surface area (Å²) in [7, 11) is 0. The van der Waals surface area contributed by atoms with Crippen LogP contribution in [0.4, 0.5) is 0 Å². The van der Waals surface area contributed by atoms with Crippen LogP contribution >= 0.6 is 0 Å². The molecule has 0 spiro atoms. The second-order valence-corrected chi connectivity index (χ2v) is 10.9. The predicted molar refractivity (Wildman–Crippen MR) is 142 cm³/mol. The minimum Gasteiger partial charge on any atom is -0.222 e. The minimum atomic E-state index is 0.140. The fourth-order valence-corrected chi connectivity index (χ4v) is 8.37. The summed E-state index contributed by atoms with van der Waals surface area (Å²) in [5, 5.41) is 4.23. The molecule has 2 heteroatoms. The number of hydrogen-bond acceptors (Lipinski definition) is 0. The van der Waals surface area contributed by atoms with Crippen LogP contribution in [0.15, 0.2) is 60.8 Å². The summed E-state index contributed by atoms with van der Waals surface area (Å²) in [5.41, 5.74) is 11.3. The van der Waals surface area contributed by atoms with Crippen molar-refractivity contribution in [3.05, 3.63) is 83.0 Å². The second-order valence-electron chi connectivity index (χ2n) is 10.9. The van der Waals surface area contributed by atoms with E-state index in [2.05, 4.69) is 111 Å². The molecule has 1 fully saturated rings. The zero-order valence-corrected chi connectivity index (χ0v) is 21.2. The third-order valence-electron chi connectivity index (χ3n) is 9.79. The molecule has 0 N–H and O–H groups in total. The highest BCUT2D eigenvalue weighted by molar-refractivity contribution is 6.14. The average Bonchev–Trinajstić information content (AvgIpc) is 3.16. The highest BCUT2D eigenvalue weighted by Crippen LogP contribution is 2.71. The zero-order chi connectivity index (χ0) is 23.6. The second kappa shape index (κ2) is 6.30. The molecule has 2 aliphatic rings. The van der Waals surface area contributed by atoms with Crippen LogP contribution in [0.25, 0.3) is 38.6 Å². The molecule has 34 heavy (non-hydrogen) atoms. The molecule has 3 atom stereocenters. The monoisotopic (exact) mass is 445 g/mol. The Hall–Kier alpha value is -3.13. The van der Waals surface area contributed by atoms with Crippen molar-refractivity contribution in [2.45, 2.75) is 65.3 Å². The van der Waals surface area contributed by atoms with Gasteiger partial charge >= 0.3 is 0 Å². The van der Waals surface area contributed by atoms with Gasteiger partial charge in [0.05, 0.1) is 5.39 Å². The van der Waals surface area contributed by atoms with Crippen LogP contribution in [0.3, 0.4) is 0 Å². The van der Waals surface area contributed by atoms with Gasteiger partial charge in [-0.1, -0.05) is 68.8 Å². The van der Waals surface area contributed by atoms with Gasteiger partial charge in [0.15, 0.2) is 5.69 Å². The molecule has 3 unspecified atom stereocenters. The van der Waals surface area contributed by atoms with Crippen LogP contribution in [-0.2, 0) is 11.0 Å². The molecular weight excluding hydrogens is 412 g/mol. The number of aromatic nitrogens is 2. The van der Waals surface area contributed by atoms with Gasteiger partial charge in [-0.25, -0.2) is 4.57 Å². The van der Waals surface area contributed by atoms with E-state index in [1.54, 1.807) is 5.56 Å². The standard InChI is InChI=1S/C32H33N2/c1-7-31-22(6)32(31,8-2)33-18-27(28-20(4)11-9-12-21(28)5)34-26-16-15-19(3)17-24(26)23-13-10-14-25(31)29(23)30(33)34/h9-18,22H,7-8H2,1-6H3/q+1. The van der Waals surface area contributed by atoms with Gasteiger partial charge in [-0.15, -0.1) is 0 Å². The van der Waals surface area contributed by atoms with Gasteiger partial charge in [0.1, 0.15) is 17.3 Å². The summed E-state index contributed by atoms with van der Waals surface area (Å²) in [5.74, 6) is 0.611. The van der Waals surface area contributed by atoms with Gasteiger partial charge in [0, 0.05) is 27.7 Å². The first-order chi connectivity index (χ1) is 16.4. The summed E-state index contributed by atoms with van der Waals surface area (Å²) in [6.45, 7) is 14.0. The molecule has 0 amide bonds. The van der Waals surface area contributed by atoms with E-state index in [0.29, 0.717) is 5.92 Å². The zero-order valence-electron chi connectivity index (χ0n) is 21.2.